The molecular formula is C7H10N4O. The summed E-state index contributed by atoms with van der Waals surface area (Å²) in [6.07, 6.45) is 3.58. The van der Waals surface area contributed by atoms with Crippen molar-refractivity contribution in [1.82, 2.24) is 15.8 Å². The number of primary amides is 1. The van der Waals surface area contributed by atoms with Gasteiger partial charge in [-0.15, -0.1) is 0 Å². The van der Waals surface area contributed by atoms with Crippen molar-refractivity contribution in [2.45, 2.75) is 0 Å². The van der Waals surface area contributed by atoms with Crippen molar-refractivity contribution < 1.29 is 4.79 Å². The summed E-state index contributed by atoms with van der Waals surface area (Å²) in [7, 11) is 0. The van der Waals surface area contributed by atoms with Crippen LogP contribution in [0.15, 0.2) is 23.7 Å². The molecule has 2 heterocycles. The summed E-state index contributed by atoms with van der Waals surface area (Å²) in [6, 6.07) is 0. The van der Waals surface area contributed by atoms with Gasteiger partial charge in [-0.2, -0.15) is 0 Å². The van der Waals surface area contributed by atoms with Crippen molar-refractivity contribution in [3.05, 3.63) is 23.7 Å². The number of allylic oxidation sites excluding steroid dienone is 1. The molecule has 0 bridgehead atoms. The number of nitrogens with zero attached hydrogens (tertiary/aromatic N) is 1. The summed E-state index contributed by atoms with van der Waals surface area (Å²) in [4.78, 5) is 10.8. The van der Waals surface area contributed by atoms with E-state index in [9.17, 15) is 4.79 Å². The molecular weight excluding hydrogens is 156 g/mol. The van der Waals surface area contributed by atoms with Crippen LogP contribution in [0, 0.1) is 0 Å². The second-order valence-electron chi connectivity index (χ2n) is 2.71. The lowest BCUT2D eigenvalue weighted by atomic mass is 10.3. The second kappa shape index (κ2) is 2.44. The Morgan fingerprint density at radius 1 is 1.67 bits per heavy atom. The zero-order chi connectivity index (χ0) is 8.55. The van der Waals surface area contributed by atoms with Crippen molar-refractivity contribution in [2.24, 2.45) is 5.73 Å². The Morgan fingerprint density at radius 2 is 2.50 bits per heavy atom. The fourth-order valence-electron chi connectivity index (χ4n) is 1.25. The largest absolute Gasteiger partial charge is 0.387 e. The fraction of sp³-hybridized carbons (Fsp3) is 0.286. The summed E-state index contributed by atoms with van der Waals surface area (Å²) in [5.74, 6) is -0.426. The van der Waals surface area contributed by atoms with Gasteiger partial charge in [0.1, 0.15) is 5.70 Å². The van der Waals surface area contributed by atoms with Crippen LogP contribution in [0.3, 0.4) is 0 Å². The van der Waals surface area contributed by atoms with E-state index in [4.69, 9.17) is 5.73 Å². The number of amides is 1. The van der Waals surface area contributed by atoms with Gasteiger partial charge in [0.15, 0.2) is 0 Å². The first-order chi connectivity index (χ1) is 5.77. The average Bonchev–Trinajstić information content (AvgIpc) is 2.46. The molecule has 0 aromatic heterocycles. The van der Waals surface area contributed by atoms with Crippen LogP contribution in [0.4, 0.5) is 0 Å². The molecule has 0 aromatic carbocycles. The maximum absolute atomic E-state index is 10.8. The molecule has 0 fully saturated rings. The molecule has 1 amide bonds. The molecule has 0 aliphatic carbocycles. The summed E-state index contributed by atoms with van der Waals surface area (Å²) in [6.45, 7) is 1.70. The lowest BCUT2D eigenvalue weighted by Gasteiger charge is -2.24. The maximum atomic E-state index is 10.8. The van der Waals surface area contributed by atoms with Crippen LogP contribution in [-0.4, -0.2) is 24.0 Å². The van der Waals surface area contributed by atoms with Crippen LogP contribution in [-0.2, 0) is 4.79 Å². The number of carbonyl (C=O) groups is 1. The Balaban J connectivity index is 2.21. The second-order valence-corrected chi connectivity index (χ2v) is 2.71. The van der Waals surface area contributed by atoms with E-state index in [1.807, 2.05) is 11.2 Å². The molecule has 0 radical (unpaired) electrons. The van der Waals surface area contributed by atoms with Crippen LogP contribution in [0.25, 0.3) is 0 Å². The van der Waals surface area contributed by atoms with E-state index in [1.165, 1.54) is 0 Å². The molecule has 4 N–H and O–H groups in total. The van der Waals surface area contributed by atoms with E-state index in [0.717, 1.165) is 18.8 Å². The molecule has 12 heavy (non-hydrogen) atoms. The fourth-order valence-corrected chi connectivity index (χ4v) is 1.25. The maximum Gasteiger partial charge on any atom is 0.266 e. The van der Waals surface area contributed by atoms with Crippen LogP contribution >= 0.6 is 0 Å². The number of fused-ring (bicyclic) bond motifs is 1. The van der Waals surface area contributed by atoms with Crippen LogP contribution < -0.4 is 16.5 Å². The standard InChI is InChI=1S/C7H10N4O/c8-7(12)6-3-5-4-9-1-2-11(5)10-6/h3-4,9-10H,1-2H2,(H2,8,12). The SMILES string of the molecule is NC(=O)C1=CC2=CNCCN2N1. The third kappa shape index (κ3) is 0.990. The number of hydrogen-bond donors (Lipinski definition) is 3. The molecule has 0 unspecified atom stereocenters. The third-order valence-electron chi connectivity index (χ3n) is 1.85. The first-order valence-electron chi connectivity index (χ1n) is 3.76. The zero-order valence-corrected chi connectivity index (χ0v) is 6.50. The van der Waals surface area contributed by atoms with Gasteiger partial charge in [0.2, 0.25) is 0 Å². The van der Waals surface area contributed by atoms with Crippen LogP contribution in [0.2, 0.25) is 0 Å². The molecule has 0 atom stereocenters. The Kier molecular flexibility index (Phi) is 1.43. The first kappa shape index (κ1) is 7.02. The Bertz CT molecular complexity index is 281. The molecule has 0 saturated carbocycles. The van der Waals surface area contributed by atoms with Gasteiger partial charge >= 0.3 is 0 Å². The highest BCUT2D eigenvalue weighted by atomic mass is 16.1. The minimum Gasteiger partial charge on any atom is -0.387 e. The normalized spacial score (nSPS) is 20.2. The first-order valence-corrected chi connectivity index (χ1v) is 3.76. The molecule has 0 aromatic rings. The van der Waals surface area contributed by atoms with E-state index in [1.54, 1.807) is 6.08 Å². The van der Waals surface area contributed by atoms with Gasteiger partial charge < -0.3 is 11.1 Å². The predicted molar refractivity (Wildman–Crippen MR) is 43.2 cm³/mol. The smallest absolute Gasteiger partial charge is 0.266 e. The van der Waals surface area contributed by atoms with Crippen molar-refractivity contribution in [2.75, 3.05) is 13.1 Å². The minimum absolute atomic E-state index is 0.426. The van der Waals surface area contributed by atoms with E-state index < -0.39 is 5.91 Å². The number of hydrazine groups is 1. The van der Waals surface area contributed by atoms with Crippen molar-refractivity contribution in [1.29, 1.82) is 0 Å². The van der Waals surface area contributed by atoms with E-state index in [0.29, 0.717) is 5.70 Å². The molecule has 0 saturated heterocycles. The average molecular weight is 166 g/mol. The number of carbonyl (C=O) groups excluding carboxylic acids is 1. The summed E-state index contributed by atoms with van der Waals surface area (Å²) in [5, 5.41) is 4.96. The van der Waals surface area contributed by atoms with Crippen molar-refractivity contribution in [3.8, 4) is 0 Å². The number of nitrogens with two attached hydrogens (primary N) is 1. The van der Waals surface area contributed by atoms with Gasteiger partial charge in [0.05, 0.1) is 12.2 Å². The van der Waals surface area contributed by atoms with Gasteiger partial charge in [-0.3, -0.25) is 15.2 Å². The minimum atomic E-state index is -0.426. The van der Waals surface area contributed by atoms with E-state index in [2.05, 4.69) is 10.7 Å². The van der Waals surface area contributed by atoms with Gasteiger partial charge in [0.25, 0.3) is 5.91 Å². The van der Waals surface area contributed by atoms with Crippen LogP contribution in [0.1, 0.15) is 0 Å². The topological polar surface area (TPSA) is 70.4 Å². The molecule has 0 spiro atoms. The van der Waals surface area contributed by atoms with Gasteiger partial charge in [0, 0.05) is 12.7 Å². The highest BCUT2D eigenvalue weighted by molar-refractivity contribution is 5.92. The molecule has 2 aliphatic rings. The Labute approximate surface area is 69.9 Å². The quantitative estimate of drug-likeness (QED) is 0.449. The van der Waals surface area contributed by atoms with E-state index in [-0.39, 0.29) is 0 Å². The summed E-state index contributed by atoms with van der Waals surface area (Å²) < 4.78 is 0. The van der Waals surface area contributed by atoms with Crippen molar-refractivity contribution >= 4 is 5.91 Å². The summed E-state index contributed by atoms with van der Waals surface area (Å²) >= 11 is 0. The van der Waals surface area contributed by atoms with Gasteiger partial charge in [-0.25, -0.2) is 0 Å². The predicted octanol–water partition coefficient (Wildman–Crippen LogP) is -1.38. The Hall–Kier alpha value is -1.65. The molecule has 64 valence electrons. The molecule has 2 aliphatic heterocycles. The highest BCUT2D eigenvalue weighted by Crippen LogP contribution is 2.14. The van der Waals surface area contributed by atoms with Gasteiger partial charge in [-0.05, 0) is 6.08 Å². The highest BCUT2D eigenvalue weighted by Gasteiger charge is 2.21. The van der Waals surface area contributed by atoms with E-state index >= 15 is 0 Å². The number of nitrogens with one attached hydrogen (secondary N) is 2. The Morgan fingerprint density at radius 3 is 3.17 bits per heavy atom. The number of rotatable bonds is 1. The molecule has 2 rings (SSSR count). The summed E-state index contributed by atoms with van der Waals surface area (Å²) in [5.41, 5.74) is 9.41. The van der Waals surface area contributed by atoms with Gasteiger partial charge in [-0.1, -0.05) is 0 Å². The zero-order valence-electron chi connectivity index (χ0n) is 6.50. The third-order valence-corrected chi connectivity index (χ3v) is 1.85. The monoisotopic (exact) mass is 166 g/mol. The molecule has 5 nitrogen and oxygen atoms in total. The van der Waals surface area contributed by atoms with Crippen molar-refractivity contribution in [3.63, 3.8) is 0 Å². The van der Waals surface area contributed by atoms with Crippen LogP contribution in [0.5, 0.6) is 0 Å². The molecule has 5 heteroatoms. The lowest BCUT2D eigenvalue weighted by molar-refractivity contribution is -0.115. The lowest BCUT2D eigenvalue weighted by Crippen LogP contribution is -2.41. The number of hydrogen-bond acceptors (Lipinski definition) is 4.